The number of halogens is 1. The van der Waals surface area contributed by atoms with E-state index in [9.17, 15) is 14.3 Å². The van der Waals surface area contributed by atoms with Crippen LogP contribution >= 0.6 is 0 Å². The average Bonchev–Trinajstić information content (AvgIpc) is 2.89. The quantitative estimate of drug-likeness (QED) is 0.878. The number of aliphatic hydroxyl groups excluding tert-OH is 1. The van der Waals surface area contributed by atoms with Crippen LogP contribution in [0.4, 0.5) is 4.39 Å². The van der Waals surface area contributed by atoms with Crippen LogP contribution in [0.1, 0.15) is 41.6 Å². The summed E-state index contributed by atoms with van der Waals surface area (Å²) in [5.41, 5.74) is 1.06. The zero-order valence-electron chi connectivity index (χ0n) is 11.2. The first-order valence-corrected chi connectivity index (χ1v) is 6.80. The molecule has 1 fully saturated rings. The maximum atomic E-state index is 13.0. The van der Waals surface area contributed by atoms with Gasteiger partial charge in [0.05, 0.1) is 6.10 Å². The largest absolute Gasteiger partial charge is 0.391 e. The molecule has 2 rings (SSSR count). The van der Waals surface area contributed by atoms with Gasteiger partial charge in [-0.15, -0.1) is 0 Å². The molecule has 1 atom stereocenters. The maximum Gasteiger partial charge on any atom is 0.251 e. The topological polar surface area (TPSA) is 49.3 Å². The van der Waals surface area contributed by atoms with E-state index in [1.807, 2.05) is 0 Å². The number of carbonyl (C=O) groups excluding carboxylic acids is 1. The first-order chi connectivity index (χ1) is 9.08. The summed E-state index contributed by atoms with van der Waals surface area (Å²) in [5.74, 6) is -0.302. The summed E-state index contributed by atoms with van der Waals surface area (Å²) in [6.45, 7) is 1.96. The van der Waals surface area contributed by atoms with Gasteiger partial charge >= 0.3 is 0 Å². The highest BCUT2D eigenvalue weighted by molar-refractivity contribution is 5.95. The number of nitrogens with one attached hydrogen (secondary N) is 1. The Morgan fingerprint density at radius 2 is 2.16 bits per heavy atom. The van der Waals surface area contributed by atoms with Crippen LogP contribution in [0.15, 0.2) is 18.2 Å². The number of carbonyl (C=O) groups is 1. The summed E-state index contributed by atoms with van der Waals surface area (Å²) in [4.78, 5) is 12.0. The molecule has 1 unspecified atom stereocenters. The van der Waals surface area contributed by atoms with Gasteiger partial charge in [-0.05, 0) is 49.4 Å². The molecule has 1 aromatic rings. The fourth-order valence-electron chi connectivity index (χ4n) is 2.68. The van der Waals surface area contributed by atoms with E-state index in [0.29, 0.717) is 17.0 Å². The molecule has 19 heavy (non-hydrogen) atoms. The molecule has 1 amide bonds. The van der Waals surface area contributed by atoms with Crippen LogP contribution in [0, 0.1) is 18.7 Å². The van der Waals surface area contributed by atoms with Gasteiger partial charge < -0.3 is 10.4 Å². The van der Waals surface area contributed by atoms with Gasteiger partial charge in [0.2, 0.25) is 0 Å². The highest BCUT2D eigenvalue weighted by atomic mass is 19.1. The van der Waals surface area contributed by atoms with Gasteiger partial charge in [0.1, 0.15) is 5.82 Å². The number of aliphatic hydroxyl groups is 1. The summed E-state index contributed by atoms with van der Waals surface area (Å²) >= 11 is 0. The molecular weight excluding hydrogens is 245 g/mol. The molecular formula is C15H20FNO2. The lowest BCUT2D eigenvalue weighted by Gasteiger charge is -2.18. The number of benzene rings is 1. The fraction of sp³-hybridized carbons (Fsp3) is 0.533. The summed E-state index contributed by atoms with van der Waals surface area (Å²) in [7, 11) is 0. The van der Waals surface area contributed by atoms with Crippen molar-refractivity contribution in [3.8, 4) is 0 Å². The van der Waals surface area contributed by atoms with E-state index >= 15 is 0 Å². The van der Waals surface area contributed by atoms with Gasteiger partial charge in [0.15, 0.2) is 0 Å². The molecule has 2 N–H and O–H groups in total. The first-order valence-electron chi connectivity index (χ1n) is 6.80. The van der Waals surface area contributed by atoms with Gasteiger partial charge in [-0.1, -0.05) is 12.8 Å². The fourth-order valence-corrected chi connectivity index (χ4v) is 2.68. The molecule has 1 aromatic carbocycles. The van der Waals surface area contributed by atoms with Crippen molar-refractivity contribution >= 4 is 5.91 Å². The summed E-state index contributed by atoms with van der Waals surface area (Å²) in [5, 5.41) is 12.7. The number of aryl methyl sites for hydroxylation is 1. The van der Waals surface area contributed by atoms with Crippen molar-refractivity contribution in [3.05, 3.63) is 35.1 Å². The third kappa shape index (κ3) is 3.53. The molecule has 0 aliphatic heterocycles. The highest BCUT2D eigenvalue weighted by Gasteiger charge is 2.23. The van der Waals surface area contributed by atoms with Crippen LogP contribution in [0.25, 0.3) is 0 Å². The number of hydrogen-bond acceptors (Lipinski definition) is 2. The Bertz CT molecular complexity index is 455. The lowest BCUT2D eigenvalue weighted by Crippen LogP contribution is -2.35. The Morgan fingerprint density at radius 3 is 2.79 bits per heavy atom. The molecule has 1 aliphatic carbocycles. The van der Waals surface area contributed by atoms with E-state index in [1.165, 1.54) is 18.2 Å². The second-order valence-electron chi connectivity index (χ2n) is 5.28. The molecule has 1 saturated carbocycles. The number of rotatable bonds is 4. The monoisotopic (exact) mass is 265 g/mol. The molecule has 1 aliphatic rings. The molecule has 0 aromatic heterocycles. The van der Waals surface area contributed by atoms with Crippen molar-refractivity contribution in [3.63, 3.8) is 0 Å². The molecule has 4 heteroatoms. The van der Waals surface area contributed by atoms with Gasteiger partial charge in [0.25, 0.3) is 5.91 Å². The standard InChI is InChI=1S/C15H20FNO2/c1-10-8-12(16)6-7-13(10)15(19)17-9-14(18)11-4-2-3-5-11/h6-8,11,14,18H,2-5,9H2,1H3,(H,17,19). The zero-order valence-corrected chi connectivity index (χ0v) is 11.2. The predicted molar refractivity (Wildman–Crippen MR) is 71.4 cm³/mol. The minimum Gasteiger partial charge on any atom is -0.391 e. The van der Waals surface area contributed by atoms with E-state index in [0.717, 1.165) is 25.7 Å². The predicted octanol–water partition coefficient (Wildman–Crippen LogP) is 2.42. The van der Waals surface area contributed by atoms with Crippen molar-refractivity contribution in [2.24, 2.45) is 5.92 Å². The maximum absolute atomic E-state index is 13.0. The van der Waals surface area contributed by atoms with Crippen LogP contribution in [0.5, 0.6) is 0 Å². The van der Waals surface area contributed by atoms with Gasteiger partial charge in [-0.25, -0.2) is 4.39 Å². The Morgan fingerprint density at radius 1 is 1.47 bits per heavy atom. The molecule has 0 radical (unpaired) electrons. The van der Waals surface area contributed by atoms with Crippen LogP contribution in [-0.2, 0) is 0 Å². The van der Waals surface area contributed by atoms with E-state index < -0.39 is 6.10 Å². The van der Waals surface area contributed by atoms with Gasteiger partial charge in [0, 0.05) is 12.1 Å². The van der Waals surface area contributed by atoms with E-state index in [1.54, 1.807) is 6.92 Å². The Labute approximate surface area is 112 Å². The SMILES string of the molecule is Cc1cc(F)ccc1C(=O)NCC(O)C1CCCC1. The van der Waals surface area contributed by atoms with Crippen LogP contribution in [0.2, 0.25) is 0 Å². The number of hydrogen-bond donors (Lipinski definition) is 2. The van der Waals surface area contributed by atoms with Crippen molar-refractivity contribution in [2.45, 2.75) is 38.7 Å². The molecule has 104 valence electrons. The van der Waals surface area contributed by atoms with Crippen LogP contribution < -0.4 is 5.32 Å². The summed E-state index contributed by atoms with van der Waals surface area (Å²) < 4.78 is 13.0. The lowest BCUT2D eigenvalue weighted by molar-refractivity contribution is 0.0840. The highest BCUT2D eigenvalue weighted by Crippen LogP contribution is 2.27. The molecule has 3 nitrogen and oxygen atoms in total. The molecule has 0 spiro atoms. The minimum absolute atomic E-state index is 0.255. The first kappa shape index (κ1) is 14.0. The smallest absolute Gasteiger partial charge is 0.251 e. The van der Waals surface area contributed by atoms with Crippen molar-refractivity contribution < 1.29 is 14.3 Å². The van der Waals surface area contributed by atoms with Crippen LogP contribution in [-0.4, -0.2) is 23.7 Å². The second kappa shape index (κ2) is 6.15. The van der Waals surface area contributed by atoms with Crippen LogP contribution in [0.3, 0.4) is 0 Å². The van der Waals surface area contributed by atoms with Crippen molar-refractivity contribution in [1.29, 1.82) is 0 Å². The Balaban J connectivity index is 1.90. The van der Waals surface area contributed by atoms with Gasteiger partial charge in [-0.2, -0.15) is 0 Å². The third-order valence-corrected chi connectivity index (χ3v) is 3.85. The summed E-state index contributed by atoms with van der Waals surface area (Å²) in [6.07, 6.45) is 3.91. The molecule has 0 heterocycles. The minimum atomic E-state index is -0.479. The second-order valence-corrected chi connectivity index (χ2v) is 5.28. The Kier molecular flexibility index (Phi) is 4.53. The van der Waals surface area contributed by atoms with E-state index in [-0.39, 0.29) is 18.3 Å². The van der Waals surface area contributed by atoms with Crippen molar-refractivity contribution in [1.82, 2.24) is 5.32 Å². The number of amides is 1. The van der Waals surface area contributed by atoms with Crippen molar-refractivity contribution in [2.75, 3.05) is 6.54 Å². The zero-order chi connectivity index (χ0) is 13.8. The molecule has 0 saturated heterocycles. The van der Waals surface area contributed by atoms with E-state index in [2.05, 4.69) is 5.32 Å². The summed E-state index contributed by atoms with van der Waals surface area (Å²) in [6, 6.07) is 4.08. The lowest BCUT2D eigenvalue weighted by atomic mass is 10.0. The average molecular weight is 265 g/mol. The van der Waals surface area contributed by atoms with Gasteiger partial charge in [-0.3, -0.25) is 4.79 Å². The third-order valence-electron chi connectivity index (χ3n) is 3.85. The molecule has 0 bridgehead atoms. The van der Waals surface area contributed by atoms with E-state index in [4.69, 9.17) is 0 Å². The normalized spacial score (nSPS) is 17.4. The Hall–Kier alpha value is -1.42.